The summed E-state index contributed by atoms with van der Waals surface area (Å²) in [5.74, 6) is 0. The Labute approximate surface area is 142 Å². The molecule has 4 nitrogen and oxygen atoms in total. The predicted molar refractivity (Wildman–Crippen MR) is 101 cm³/mol. The lowest BCUT2D eigenvalue weighted by Crippen LogP contribution is -2.31. The summed E-state index contributed by atoms with van der Waals surface area (Å²) in [7, 11) is -0.700. The van der Waals surface area contributed by atoms with Crippen LogP contribution in [0.25, 0.3) is 0 Å². The maximum Gasteiger partial charge on any atom is 0.206 e. The normalized spacial score (nSPS) is 19.1. The lowest BCUT2D eigenvalue weighted by atomic mass is 10.3. The van der Waals surface area contributed by atoms with E-state index in [0.717, 1.165) is 23.9 Å². The summed E-state index contributed by atoms with van der Waals surface area (Å²) in [6.07, 6.45) is 0. The van der Waals surface area contributed by atoms with E-state index < -0.39 is 8.37 Å². The second-order valence-corrected chi connectivity index (χ2v) is 8.19. The third kappa shape index (κ3) is 2.44. The minimum Gasteiger partial charge on any atom is -0.264 e. The van der Waals surface area contributed by atoms with Gasteiger partial charge in [0, 0.05) is 18.0 Å². The van der Waals surface area contributed by atoms with E-state index in [9.17, 15) is 0 Å². The van der Waals surface area contributed by atoms with Crippen LogP contribution >= 0.6 is 20.1 Å². The first-order valence-corrected chi connectivity index (χ1v) is 9.90. The van der Waals surface area contributed by atoms with E-state index in [4.69, 9.17) is 5.10 Å². The molecule has 0 saturated heterocycles. The summed E-state index contributed by atoms with van der Waals surface area (Å²) < 4.78 is 7.14. The van der Waals surface area contributed by atoms with Crippen LogP contribution in [0.3, 0.4) is 0 Å². The zero-order valence-corrected chi connectivity index (χ0v) is 15.0. The maximum atomic E-state index is 4.96. The fourth-order valence-corrected chi connectivity index (χ4v) is 6.47. The molecular formula is C17H19N4PS. The molecule has 2 heterocycles. The molecule has 4 rings (SSSR count). The third-order valence-electron chi connectivity index (χ3n) is 3.97. The topological polar surface area (TPSA) is 22.1 Å². The van der Waals surface area contributed by atoms with E-state index in [0.29, 0.717) is 0 Å². The average Bonchev–Trinajstić information content (AvgIpc) is 3.14. The Morgan fingerprint density at radius 2 is 1.70 bits per heavy atom. The predicted octanol–water partition coefficient (Wildman–Crippen LogP) is 4.96. The summed E-state index contributed by atoms with van der Waals surface area (Å²) in [5.41, 5.74) is 2.44. The highest BCUT2D eigenvalue weighted by Crippen LogP contribution is 2.62. The van der Waals surface area contributed by atoms with Crippen LogP contribution in [0.4, 0.5) is 11.4 Å². The van der Waals surface area contributed by atoms with Crippen LogP contribution in [0, 0.1) is 0 Å². The van der Waals surface area contributed by atoms with Gasteiger partial charge in [-0.25, -0.2) is 9.45 Å². The Kier molecular flexibility index (Phi) is 4.02. The molecule has 0 spiro atoms. The van der Waals surface area contributed by atoms with Gasteiger partial charge in [0.25, 0.3) is 0 Å². The highest BCUT2D eigenvalue weighted by molar-refractivity contribution is 8.15. The van der Waals surface area contributed by atoms with Gasteiger partial charge in [-0.3, -0.25) is 4.67 Å². The highest BCUT2D eigenvalue weighted by atomic mass is 32.2. The van der Waals surface area contributed by atoms with Gasteiger partial charge in [-0.15, -0.1) is 5.10 Å². The van der Waals surface area contributed by atoms with Gasteiger partial charge < -0.3 is 0 Å². The minimum atomic E-state index is -0.700. The van der Waals surface area contributed by atoms with Crippen LogP contribution < -0.4 is 9.45 Å². The number of hydrazone groups is 1. The van der Waals surface area contributed by atoms with Crippen LogP contribution in [0.5, 0.6) is 0 Å². The first kappa shape index (κ1) is 15.0. The molecule has 1 atom stereocenters. The number of thioether (sulfide) groups is 1. The summed E-state index contributed by atoms with van der Waals surface area (Å²) in [5, 5.41) is 6.05. The lowest BCUT2D eigenvalue weighted by Gasteiger charge is -2.36. The van der Waals surface area contributed by atoms with Crippen LogP contribution in [0.1, 0.15) is 13.8 Å². The molecule has 2 aliphatic rings. The van der Waals surface area contributed by atoms with Gasteiger partial charge in [0.15, 0.2) is 5.17 Å². The van der Waals surface area contributed by atoms with Gasteiger partial charge in [-0.1, -0.05) is 44.2 Å². The second-order valence-electron chi connectivity index (χ2n) is 5.30. The van der Waals surface area contributed by atoms with Crippen molar-refractivity contribution in [2.75, 3.05) is 22.5 Å². The molecule has 118 valence electrons. The summed E-state index contributed by atoms with van der Waals surface area (Å²) in [4.78, 5) is 1.30. The number of amidine groups is 1. The molecular weight excluding hydrogens is 323 g/mol. The highest BCUT2D eigenvalue weighted by Gasteiger charge is 2.44. The van der Waals surface area contributed by atoms with E-state index in [1.807, 2.05) is 0 Å². The number of rotatable bonds is 4. The lowest BCUT2D eigenvalue weighted by molar-refractivity contribution is 0.505. The molecule has 0 aliphatic carbocycles. The minimum absolute atomic E-state index is 0.700. The molecule has 6 heteroatoms. The molecule has 0 saturated carbocycles. The Hall–Kier alpha value is -1.55. The molecule has 2 aromatic rings. The Balaban J connectivity index is 1.79. The van der Waals surface area contributed by atoms with Crippen LogP contribution in [0.15, 0.2) is 64.6 Å². The van der Waals surface area contributed by atoms with Crippen molar-refractivity contribution >= 4 is 36.7 Å². The van der Waals surface area contributed by atoms with E-state index in [1.165, 1.54) is 10.6 Å². The van der Waals surface area contributed by atoms with E-state index >= 15 is 0 Å². The molecule has 1 unspecified atom stereocenters. The third-order valence-corrected chi connectivity index (χ3v) is 7.62. The van der Waals surface area contributed by atoms with Gasteiger partial charge >= 0.3 is 0 Å². The van der Waals surface area contributed by atoms with Crippen LogP contribution in [-0.2, 0) is 0 Å². The summed E-state index contributed by atoms with van der Waals surface area (Å²) in [6, 6.07) is 19.1. The number of nitrogens with zero attached hydrogens (tertiary/aromatic N) is 4. The number of fused-ring (bicyclic) bond motifs is 3. The van der Waals surface area contributed by atoms with Gasteiger partial charge in [0.05, 0.1) is 11.4 Å². The Morgan fingerprint density at radius 3 is 2.43 bits per heavy atom. The second kappa shape index (κ2) is 6.16. The molecule has 0 radical (unpaired) electrons. The van der Waals surface area contributed by atoms with Crippen molar-refractivity contribution in [3.63, 3.8) is 0 Å². The number of anilines is 2. The molecule has 0 fully saturated rings. The number of benzene rings is 2. The van der Waals surface area contributed by atoms with Crippen molar-refractivity contribution in [3.05, 3.63) is 54.6 Å². The number of hydrogen-bond donors (Lipinski definition) is 0. The average molecular weight is 342 g/mol. The first-order valence-electron chi connectivity index (χ1n) is 7.89. The van der Waals surface area contributed by atoms with Crippen molar-refractivity contribution in [1.82, 2.24) is 4.67 Å². The molecule has 2 aliphatic heterocycles. The van der Waals surface area contributed by atoms with E-state index in [-0.39, 0.29) is 0 Å². The van der Waals surface area contributed by atoms with Crippen molar-refractivity contribution in [1.29, 1.82) is 0 Å². The van der Waals surface area contributed by atoms with Crippen molar-refractivity contribution in [2.45, 2.75) is 18.7 Å². The summed E-state index contributed by atoms with van der Waals surface area (Å²) >= 11 is 1.77. The SMILES string of the molecule is CCN(CC)P1N(c2ccccc2)N=C2Sc3ccccc3N21. The van der Waals surface area contributed by atoms with Crippen molar-refractivity contribution in [2.24, 2.45) is 5.10 Å². The van der Waals surface area contributed by atoms with Gasteiger partial charge in [-0.05, 0) is 36.0 Å². The largest absolute Gasteiger partial charge is 0.264 e. The number of para-hydroxylation sites is 2. The maximum absolute atomic E-state index is 4.96. The Morgan fingerprint density at radius 1 is 1.00 bits per heavy atom. The number of hydrogen-bond acceptors (Lipinski definition) is 5. The molecule has 2 aromatic carbocycles. The van der Waals surface area contributed by atoms with Gasteiger partial charge in [0.1, 0.15) is 0 Å². The Bertz CT molecular complexity index is 732. The quantitative estimate of drug-likeness (QED) is 0.732. The van der Waals surface area contributed by atoms with E-state index in [1.54, 1.807) is 11.8 Å². The zero-order chi connectivity index (χ0) is 15.8. The van der Waals surface area contributed by atoms with Gasteiger partial charge in [0.2, 0.25) is 8.37 Å². The fraction of sp³-hybridized carbons (Fsp3) is 0.235. The molecule has 0 aromatic heterocycles. The van der Waals surface area contributed by atoms with E-state index in [2.05, 4.69) is 82.6 Å². The molecule has 0 amide bonds. The zero-order valence-electron chi connectivity index (χ0n) is 13.3. The monoisotopic (exact) mass is 342 g/mol. The fourth-order valence-electron chi connectivity index (χ4n) is 2.85. The molecule has 23 heavy (non-hydrogen) atoms. The molecule has 0 N–H and O–H groups in total. The van der Waals surface area contributed by atoms with Crippen LogP contribution in [0.2, 0.25) is 0 Å². The summed E-state index contributed by atoms with van der Waals surface area (Å²) in [6.45, 7) is 6.47. The van der Waals surface area contributed by atoms with Crippen molar-refractivity contribution < 1.29 is 0 Å². The van der Waals surface area contributed by atoms with Gasteiger partial charge in [-0.2, -0.15) is 0 Å². The van der Waals surface area contributed by atoms with Crippen molar-refractivity contribution in [3.8, 4) is 0 Å². The standard InChI is InChI=1S/C17H19N4PS/c1-3-19(4-2)22-20-15-12-8-9-13-16(15)23-17(20)18-21(22)14-10-6-5-7-11-14/h5-13H,3-4H2,1-2H3. The first-order chi connectivity index (χ1) is 11.3. The van der Waals surface area contributed by atoms with Crippen LogP contribution in [-0.4, -0.2) is 22.9 Å². The molecule has 0 bridgehead atoms. The smallest absolute Gasteiger partial charge is 0.206 e.